The maximum absolute atomic E-state index is 14.2. The molecule has 1 aromatic heterocycles. The number of methoxy groups -OCH3 is 1. The van der Waals surface area contributed by atoms with Crippen molar-refractivity contribution >= 4 is 39.9 Å². The highest BCUT2D eigenvalue weighted by atomic mass is 35.5. The highest BCUT2D eigenvalue weighted by Crippen LogP contribution is 2.47. The first kappa shape index (κ1) is 31.3. The number of aromatic nitrogens is 4. The number of hydrogen-bond acceptors (Lipinski definition) is 8. The molecule has 3 aromatic carbocycles. The minimum atomic E-state index is -0.919. The maximum atomic E-state index is 14.2. The van der Waals surface area contributed by atoms with Crippen LogP contribution in [0.4, 0.5) is 0 Å². The van der Waals surface area contributed by atoms with Gasteiger partial charge in [-0.2, -0.15) is 0 Å². The van der Waals surface area contributed by atoms with E-state index in [-0.39, 0.29) is 10.7 Å². The Morgan fingerprint density at radius 2 is 1.87 bits per heavy atom. The minimum absolute atomic E-state index is 0.179. The summed E-state index contributed by atoms with van der Waals surface area (Å²) in [7, 11) is 0.628. The number of halogens is 2. The summed E-state index contributed by atoms with van der Waals surface area (Å²) in [6, 6.07) is 19.2. The lowest BCUT2D eigenvalue weighted by atomic mass is 9.85. The molecule has 0 aliphatic carbocycles. The highest BCUT2D eigenvalue weighted by Gasteiger charge is 2.47. The van der Waals surface area contributed by atoms with Gasteiger partial charge in [-0.15, -0.1) is 5.10 Å². The van der Waals surface area contributed by atoms with Crippen LogP contribution < -0.4 is 4.74 Å². The van der Waals surface area contributed by atoms with Gasteiger partial charge in [0.2, 0.25) is 0 Å². The Bertz CT molecular complexity index is 1780. The Morgan fingerprint density at radius 3 is 2.63 bits per heavy atom. The molecule has 2 saturated heterocycles. The van der Waals surface area contributed by atoms with Crippen molar-refractivity contribution < 1.29 is 18.5 Å². The zero-order valence-electron chi connectivity index (χ0n) is 25.4. The number of morpholine rings is 1. The number of fused-ring (bicyclic) bond motifs is 2. The standard InChI is InChI=1S/C33H34Cl2N6O4S/c1-44-30-9-7-25(41-22-36-37-38-41)19-26(30)31(42)40-16-17-45-32(21-40,24-6-8-28(34)29(35)18-24)10-13-39-14-11-33(12-15-39)27-5-3-2-4-23(27)20-46(33)43/h2-9,18-19,22H,10-17,20-21H2,1H3. The SMILES string of the molecule is COc1ccc(-n2cnnn2)cc1C(=O)N1CCOC(CCN2CCC3(CC2)c2ccccc2CS3=O)(c2ccc(Cl)c(Cl)c2)C1. The van der Waals surface area contributed by atoms with E-state index in [1.165, 1.54) is 22.1 Å². The van der Waals surface area contributed by atoms with E-state index in [2.05, 4.69) is 38.6 Å². The van der Waals surface area contributed by atoms with Crippen LogP contribution in [0.3, 0.4) is 0 Å². The van der Waals surface area contributed by atoms with Crippen LogP contribution in [0.1, 0.15) is 46.3 Å². The predicted octanol–water partition coefficient (Wildman–Crippen LogP) is 4.99. The highest BCUT2D eigenvalue weighted by molar-refractivity contribution is 7.85. The first-order chi connectivity index (χ1) is 22.3. The number of rotatable bonds is 7. The van der Waals surface area contributed by atoms with Crippen molar-refractivity contribution in [3.63, 3.8) is 0 Å². The van der Waals surface area contributed by atoms with Crippen molar-refractivity contribution in [2.24, 2.45) is 0 Å². The van der Waals surface area contributed by atoms with E-state index in [1.54, 1.807) is 31.4 Å². The maximum Gasteiger partial charge on any atom is 0.257 e. The summed E-state index contributed by atoms with van der Waals surface area (Å²) in [6.07, 6.45) is 3.80. The van der Waals surface area contributed by atoms with Gasteiger partial charge in [-0.3, -0.25) is 9.00 Å². The lowest BCUT2D eigenvalue weighted by Gasteiger charge is -2.45. The average Bonchev–Trinajstić information content (AvgIpc) is 3.72. The van der Waals surface area contributed by atoms with E-state index in [0.717, 1.165) is 38.0 Å². The van der Waals surface area contributed by atoms with Crippen LogP contribution in [-0.2, 0) is 31.6 Å². The molecular formula is C33H34Cl2N6O4S. The Kier molecular flexibility index (Phi) is 8.62. The third-order valence-electron chi connectivity index (χ3n) is 9.67. The van der Waals surface area contributed by atoms with Gasteiger partial charge in [-0.1, -0.05) is 53.5 Å². The number of carbonyl (C=O) groups excluding carboxylic acids is 1. The Labute approximate surface area is 280 Å². The van der Waals surface area contributed by atoms with Crippen LogP contribution in [-0.4, -0.2) is 86.6 Å². The second kappa shape index (κ2) is 12.7. The molecule has 46 heavy (non-hydrogen) atoms. The van der Waals surface area contributed by atoms with E-state index >= 15 is 0 Å². The molecule has 1 amide bonds. The van der Waals surface area contributed by atoms with Crippen LogP contribution in [0, 0.1) is 0 Å². The summed E-state index contributed by atoms with van der Waals surface area (Å²) in [5.41, 5.74) is 3.57. The number of nitrogens with zero attached hydrogens (tertiary/aromatic N) is 6. The van der Waals surface area contributed by atoms with Crippen LogP contribution in [0.5, 0.6) is 5.75 Å². The average molecular weight is 682 g/mol. The van der Waals surface area contributed by atoms with E-state index in [4.69, 9.17) is 32.7 Å². The molecule has 2 unspecified atom stereocenters. The number of amides is 1. The number of likely N-dealkylation sites (tertiary alicyclic amines) is 1. The smallest absolute Gasteiger partial charge is 0.257 e. The van der Waals surface area contributed by atoms with Gasteiger partial charge >= 0.3 is 0 Å². The summed E-state index contributed by atoms with van der Waals surface area (Å²) in [5, 5.41) is 12.3. The van der Waals surface area contributed by atoms with E-state index in [1.807, 2.05) is 23.1 Å². The number of piperidine rings is 1. The monoisotopic (exact) mass is 680 g/mol. The number of tetrazole rings is 1. The van der Waals surface area contributed by atoms with E-state index < -0.39 is 16.4 Å². The lowest BCUT2D eigenvalue weighted by molar-refractivity contribution is -0.113. The number of ether oxygens (including phenoxy) is 2. The van der Waals surface area contributed by atoms with Crippen LogP contribution >= 0.6 is 23.2 Å². The molecule has 3 aliphatic heterocycles. The summed E-state index contributed by atoms with van der Waals surface area (Å²) in [6.45, 7) is 3.49. The molecule has 7 rings (SSSR count). The Balaban J connectivity index is 1.13. The van der Waals surface area contributed by atoms with Crippen molar-refractivity contribution in [2.75, 3.05) is 46.4 Å². The van der Waals surface area contributed by atoms with Crippen LogP contribution in [0.25, 0.3) is 5.69 Å². The zero-order chi connectivity index (χ0) is 31.9. The molecule has 240 valence electrons. The van der Waals surface area contributed by atoms with Gasteiger partial charge < -0.3 is 19.3 Å². The normalized spacial score (nSPS) is 22.6. The molecule has 13 heteroatoms. The molecule has 3 aliphatic rings. The van der Waals surface area contributed by atoms with Crippen molar-refractivity contribution in [1.29, 1.82) is 0 Å². The van der Waals surface area contributed by atoms with Gasteiger partial charge in [-0.25, -0.2) is 4.68 Å². The van der Waals surface area contributed by atoms with Crippen molar-refractivity contribution in [3.8, 4) is 11.4 Å². The van der Waals surface area contributed by atoms with Gasteiger partial charge in [0.05, 0.1) is 46.3 Å². The molecule has 0 N–H and O–H groups in total. The summed E-state index contributed by atoms with van der Waals surface area (Å²) in [4.78, 5) is 18.4. The fraction of sp³-hybridized carbons (Fsp3) is 0.394. The molecular weight excluding hydrogens is 647 g/mol. The van der Waals surface area contributed by atoms with Crippen molar-refractivity contribution in [2.45, 2.75) is 35.4 Å². The van der Waals surface area contributed by atoms with Gasteiger partial charge in [0.25, 0.3) is 5.91 Å². The zero-order valence-corrected chi connectivity index (χ0v) is 27.7. The van der Waals surface area contributed by atoms with E-state index in [9.17, 15) is 9.00 Å². The molecule has 1 spiro atoms. The van der Waals surface area contributed by atoms with Gasteiger partial charge in [-0.05, 0) is 89.8 Å². The Morgan fingerprint density at radius 1 is 1.04 bits per heavy atom. The summed E-state index contributed by atoms with van der Waals surface area (Å²) in [5.74, 6) is 0.918. The molecule has 0 saturated carbocycles. The molecule has 0 radical (unpaired) electrons. The lowest BCUT2D eigenvalue weighted by Crippen LogP contribution is -2.53. The van der Waals surface area contributed by atoms with Gasteiger partial charge in [0, 0.05) is 29.6 Å². The number of benzene rings is 3. The fourth-order valence-electron chi connectivity index (χ4n) is 7.13. The predicted molar refractivity (Wildman–Crippen MR) is 176 cm³/mol. The molecule has 4 aromatic rings. The summed E-state index contributed by atoms with van der Waals surface area (Å²) < 4.78 is 26.8. The van der Waals surface area contributed by atoms with Crippen molar-refractivity contribution in [3.05, 3.63) is 99.3 Å². The van der Waals surface area contributed by atoms with Gasteiger partial charge in [0.15, 0.2) is 0 Å². The molecule has 2 atom stereocenters. The molecule has 4 heterocycles. The summed E-state index contributed by atoms with van der Waals surface area (Å²) >= 11 is 12.8. The third-order valence-corrected chi connectivity index (χ3v) is 12.5. The first-order valence-electron chi connectivity index (χ1n) is 15.3. The largest absolute Gasteiger partial charge is 0.496 e. The molecule has 2 fully saturated rings. The van der Waals surface area contributed by atoms with Crippen LogP contribution in [0.2, 0.25) is 10.0 Å². The fourth-order valence-corrected chi connectivity index (χ4v) is 9.32. The topological polar surface area (TPSA) is 103 Å². The van der Waals surface area contributed by atoms with Crippen molar-refractivity contribution in [1.82, 2.24) is 30.0 Å². The van der Waals surface area contributed by atoms with Gasteiger partial charge in [0.1, 0.15) is 17.7 Å². The van der Waals surface area contributed by atoms with Crippen LogP contribution in [0.15, 0.2) is 67.0 Å². The molecule has 0 bridgehead atoms. The van der Waals surface area contributed by atoms with E-state index in [0.29, 0.717) is 58.9 Å². The second-order valence-corrected chi connectivity index (χ2v) is 14.6. The number of carbonyl (C=O) groups is 1. The first-order valence-corrected chi connectivity index (χ1v) is 17.4. The third kappa shape index (κ3) is 5.62. The second-order valence-electron chi connectivity index (χ2n) is 12.1. The quantitative estimate of drug-likeness (QED) is 0.269. The minimum Gasteiger partial charge on any atom is -0.496 e. The molecule has 10 nitrogen and oxygen atoms in total. The Hall–Kier alpha value is -3.35. The number of hydrogen-bond donors (Lipinski definition) is 0.